The number of nitrogens with one attached hydrogen (secondary N) is 2. The molecule has 0 aliphatic carbocycles. The fourth-order valence-electron chi connectivity index (χ4n) is 1.79. The molecule has 7 heteroatoms. The van der Waals surface area contributed by atoms with Gasteiger partial charge in [0.25, 0.3) is 0 Å². The maximum Gasteiger partial charge on any atom is 0.305 e. The van der Waals surface area contributed by atoms with Crippen LogP contribution in [0.2, 0.25) is 0 Å². The second-order valence-corrected chi connectivity index (χ2v) is 4.78. The van der Waals surface area contributed by atoms with Crippen LogP contribution in [0.4, 0.5) is 0 Å². The zero-order chi connectivity index (χ0) is 13.9. The molecule has 0 aromatic heterocycles. The van der Waals surface area contributed by atoms with Crippen molar-refractivity contribution in [2.24, 2.45) is 0 Å². The summed E-state index contributed by atoms with van der Waals surface area (Å²) >= 11 is 0. The maximum atomic E-state index is 12.3. The van der Waals surface area contributed by atoms with Gasteiger partial charge in [0, 0.05) is 13.1 Å². The normalized spacial score (nSPS) is 20.5. The van der Waals surface area contributed by atoms with Gasteiger partial charge in [-0.3, -0.25) is 14.4 Å². The molecule has 102 valence electrons. The van der Waals surface area contributed by atoms with Crippen molar-refractivity contribution < 1.29 is 19.5 Å². The molecule has 18 heavy (non-hydrogen) atoms. The van der Waals surface area contributed by atoms with Crippen LogP contribution in [-0.2, 0) is 14.4 Å². The molecule has 1 fully saturated rings. The first-order chi connectivity index (χ1) is 8.29. The summed E-state index contributed by atoms with van der Waals surface area (Å²) in [6.45, 7) is 4.06. The van der Waals surface area contributed by atoms with E-state index >= 15 is 0 Å². The Hall–Kier alpha value is -1.63. The molecule has 0 aromatic carbocycles. The van der Waals surface area contributed by atoms with Crippen molar-refractivity contribution in [3.63, 3.8) is 0 Å². The lowest BCUT2D eigenvalue weighted by atomic mass is 10.00. The van der Waals surface area contributed by atoms with Gasteiger partial charge in [0.15, 0.2) is 0 Å². The summed E-state index contributed by atoms with van der Waals surface area (Å²) in [6, 6.07) is -0.934. The van der Waals surface area contributed by atoms with Gasteiger partial charge in [-0.15, -0.1) is 0 Å². The summed E-state index contributed by atoms with van der Waals surface area (Å²) in [5, 5.41) is 14.2. The van der Waals surface area contributed by atoms with Gasteiger partial charge in [-0.1, -0.05) is 0 Å². The molecule has 2 amide bonds. The van der Waals surface area contributed by atoms with E-state index in [2.05, 4.69) is 10.6 Å². The lowest BCUT2D eigenvalue weighted by Gasteiger charge is -2.38. The Balaban J connectivity index is 2.92. The molecular weight excluding hydrogens is 238 g/mol. The highest BCUT2D eigenvalue weighted by atomic mass is 16.4. The Bertz CT molecular complexity index is 367. The second-order valence-electron chi connectivity index (χ2n) is 4.78. The van der Waals surface area contributed by atoms with Gasteiger partial charge < -0.3 is 20.6 Å². The van der Waals surface area contributed by atoms with E-state index in [0.717, 1.165) is 0 Å². The molecule has 1 unspecified atom stereocenters. The average Bonchev–Trinajstić information content (AvgIpc) is 2.30. The van der Waals surface area contributed by atoms with Crippen LogP contribution in [-0.4, -0.2) is 59.5 Å². The van der Waals surface area contributed by atoms with Crippen molar-refractivity contribution >= 4 is 17.8 Å². The molecule has 1 aliphatic rings. The quantitative estimate of drug-likeness (QED) is 0.586. The van der Waals surface area contributed by atoms with Gasteiger partial charge >= 0.3 is 5.97 Å². The van der Waals surface area contributed by atoms with E-state index in [1.165, 1.54) is 4.90 Å². The van der Waals surface area contributed by atoms with Gasteiger partial charge in [0.2, 0.25) is 11.8 Å². The minimum atomic E-state index is -1.10. The van der Waals surface area contributed by atoms with Crippen molar-refractivity contribution in [3.05, 3.63) is 0 Å². The zero-order valence-electron chi connectivity index (χ0n) is 10.8. The fourth-order valence-corrected chi connectivity index (χ4v) is 1.79. The second kappa shape index (κ2) is 5.34. The van der Waals surface area contributed by atoms with Gasteiger partial charge in [-0.25, -0.2) is 0 Å². The molecule has 1 rings (SSSR count). The van der Waals surface area contributed by atoms with Gasteiger partial charge in [-0.05, 0) is 20.9 Å². The lowest BCUT2D eigenvalue weighted by molar-refractivity contribution is -0.151. The highest BCUT2D eigenvalue weighted by molar-refractivity contribution is 5.94. The summed E-state index contributed by atoms with van der Waals surface area (Å²) < 4.78 is 0. The lowest BCUT2D eigenvalue weighted by Crippen LogP contribution is -2.63. The van der Waals surface area contributed by atoms with Crippen LogP contribution >= 0.6 is 0 Å². The summed E-state index contributed by atoms with van der Waals surface area (Å²) in [7, 11) is 1.65. The Morgan fingerprint density at radius 3 is 2.67 bits per heavy atom. The smallest absolute Gasteiger partial charge is 0.305 e. The molecule has 1 heterocycles. The monoisotopic (exact) mass is 257 g/mol. The van der Waals surface area contributed by atoms with E-state index in [1.807, 2.05) is 0 Å². The molecule has 1 atom stereocenters. The Morgan fingerprint density at radius 1 is 1.56 bits per heavy atom. The Kier molecular flexibility index (Phi) is 4.28. The Labute approximate surface area is 106 Å². The van der Waals surface area contributed by atoms with Crippen molar-refractivity contribution in [3.8, 4) is 0 Å². The van der Waals surface area contributed by atoms with Gasteiger partial charge in [0.05, 0.1) is 12.0 Å². The minimum absolute atomic E-state index is 0.272. The van der Waals surface area contributed by atoms with E-state index in [4.69, 9.17) is 5.11 Å². The number of hydrogen-bond acceptors (Lipinski definition) is 4. The molecule has 0 bridgehead atoms. The third-order valence-corrected chi connectivity index (χ3v) is 3.12. The van der Waals surface area contributed by atoms with Crippen molar-refractivity contribution in [1.82, 2.24) is 15.5 Å². The molecule has 0 spiro atoms. The van der Waals surface area contributed by atoms with Crippen molar-refractivity contribution in [2.45, 2.75) is 31.8 Å². The number of carboxylic acids is 1. The largest absolute Gasteiger partial charge is 0.481 e. The van der Waals surface area contributed by atoms with Crippen LogP contribution < -0.4 is 10.6 Å². The van der Waals surface area contributed by atoms with Gasteiger partial charge in [-0.2, -0.15) is 0 Å². The summed E-state index contributed by atoms with van der Waals surface area (Å²) in [5.41, 5.74) is -0.825. The predicted octanol–water partition coefficient (Wildman–Crippen LogP) is -1.21. The van der Waals surface area contributed by atoms with E-state index in [-0.39, 0.29) is 12.3 Å². The molecule has 0 aromatic rings. The number of likely N-dealkylation sites (N-methyl/N-ethyl adjacent to an activating group) is 1. The molecule has 1 saturated heterocycles. The van der Waals surface area contributed by atoms with Crippen LogP contribution in [0.3, 0.4) is 0 Å². The summed E-state index contributed by atoms with van der Waals surface area (Å²) in [4.78, 5) is 36.1. The SMILES string of the molecule is CNC(C)(C)C(=O)N1CCNC(=O)C1CC(=O)O. The maximum absolute atomic E-state index is 12.3. The number of hydrogen-bond donors (Lipinski definition) is 3. The molecule has 0 radical (unpaired) electrons. The van der Waals surface area contributed by atoms with Gasteiger partial charge in [0.1, 0.15) is 6.04 Å². The molecule has 0 saturated carbocycles. The number of carbonyl (C=O) groups excluding carboxylic acids is 2. The summed E-state index contributed by atoms with van der Waals surface area (Å²) in [5.74, 6) is -1.79. The van der Waals surface area contributed by atoms with E-state index in [0.29, 0.717) is 13.1 Å². The Morgan fingerprint density at radius 2 is 2.17 bits per heavy atom. The van der Waals surface area contributed by atoms with Crippen molar-refractivity contribution in [2.75, 3.05) is 20.1 Å². The van der Waals surface area contributed by atoms with Crippen LogP contribution in [0.15, 0.2) is 0 Å². The van der Waals surface area contributed by atoms with Crippen LogP contribution in [0.5, 0.6) is 0 Å². The number of nitrogens with zero attached hydrogens (tertiary/aromatic N) is 1. The highest BCUT2D eigenvalue weighted by Gasteiger charge is 2.39. The standard InChI is InChI=1S/C11H19N3O4/c1-11(2,12-3)10(18)14-5-4-13-9(17)7(14)6-8(15)16/h7,12H,4-6H2,1-3H3,(H,13,17)(H,15,16). The zero-order valence-corrected chi connectivity index (χ0v) is 10.8. The minimum Gasteiger partial charge on any atom is -0.481 e. The molecule has 1 aliphatic heterocycles. The first-order valence-corrected chi connectivity index (χ1v) is 5.79. The molecule has 3 N–H and O–H groups in total. The van der Waals surface area contributed by atoms with Crippen LogP contribution in [0.1, 0.15) is 20.3 Å². The third kappa shape index (κ3) is 2.98. The van der Waals surface area contributed by atoms with Crippen molar-refractivity contribution in [1.29, 1.82) is 0 Å². The number of piperazine rings is 1. The first kappa shape index (κ1) is 14.4. The topological polar surface area (TPSA) is 98.7 Å². The van der Waals surface area contributed by atoms with Crippen LogP contribution in [0.25, 0.3) is 0 Å². The number of carboxylic acid groups (broad SMARTS) is 1. The third-order valence-electron chi connectivity index (χ3n) is 3.12. The number of carbonyl (C=O) groups is 3. The van der Waals surface area contributed by atoms with E-state index in [9.17, 15) is 14.4 Å². The number of rotatable bonds is 4. The number of aliphatic carboxylic acids is 1. The molecular formula is C11H19N3O4. The summed E-state index contributed by atoms with van der Waals surface area (Å²) in [6.07, 6.45) is -0.378. The highest BCUT2D eigenvalue weighted by Crippen LogP contribution is 2.15. The first-order valence-electron chi connectivity index (χ1n) is 5.79. The fraction of sp³-hybridized carbons (Fsp3) is 0.727. The van der Waals surface area contributed by atoms with Crippen LogP contribution in [0, 0.1) is 0 Å². The predicted molar refractivity (Wildman–Crippen MR) is 63.9 cm³/mol. The van der Waals surface area contributed by atoms with E-state index < -0.39 is 23.5 Å². The molecule has 7 nitrogen and oxygen atoms in total. The van der Waals surface area contributed by atoms with E-state index in [1.54, 1.807) is 20.9 Å². The number of amides is 2. The average molecular weight is 257 g/mol.